The van der Waals surface area contributed by atoms with Crippen molar-refractivity contribution in [3.05, 3.63) is 34.9 Å². The molecule has 0 unspecified atom stereocenters. The minimum absolute atomic E-state index is 0.0431. The zero-order valence-electron chi connectivity index (χ0n) is 10.8. The van der Waals surface area contributed by atoms with E-state index in [9.17, 15) is 9.59 Å². The summed E-state index contributed by atoms with van der Waals surface area (Å²) in [4.78, 5) is 22.8. The number of carbonyl (C=O) groups excluding carboxylic acids is 2. The molecule has 0 aliphatic carbocycles. The molecule has 2 amide bonds. The Bertz CT molecular complexity index is 471. The van der Waals surface area contributed by atoms with Crippen molar-refractivity contribution in [3.8, 4) is 0 Å². The predicted molar refractivity (Wildman–Crippen MR) is 75.1 cm³/mol. The van der Waals surface area contributed by atoms with Gasteiger partial charge in [0.25, 0.3) is 0 Å². The quantitative estimate of drug-likeness (QED) is 0.501. The van der Waals surface area contributed by atoms with Crippen LogP contribution in [0.5, 0.6) is 0 Å². The minimum Gasteiger partial charge on any atom is -0.345 e. The number of nitrogens with one attached hydrogen (secondary N) is 2. The van der Waals surface area contributed by atoms with E-state index in [0.717, 1.165) is 12.0 Å². The third kappa shape index (κ3) is 5.52. The summed E-state index contributed by atoms with van der Waals surface area (Å²) >= 11 is 5.73. The van der Waals surface area contributed by atoms with E-state index in [1.54, 1.807) is 24.3 Å². The van der Waals surface area contributed by atoms with Gasteiger partial charge in [-0.05, 0) is 31.0 Å². The van der Waals surface area contributed by atoms with Crippen LogP contribution in [0.1, 0.15) is 25.8 Å². The van der Waals surface area contributed by atoms with Gasteiger partial charge in [0.1, 0.15) is 0 Å². The van der Waals surface area contributed by atoms with Crippen molar-refractivity contribution >= 4 is 29.6 Å². The van der Waals surface area contributed by atoms with Gasteiger partial charge in [-0.1, -0.05) is 30.7 Å². The van der Waals surface area contributed by atoms with Crippen LogP contribution < -0.4 is 10.7 Å². The Balaban J connectivity index is 2.45. The van der Waals surface area contributed by atoms with Crippen LogP contribution in [0, 0.1) is 0 Å². The monoisotopic (exact) mass is 281 g/mol. The second kappa shape index (κ2) is 7.53. The molecule has 0 bridgehead atoms. The number of benzene rings is 1. The lowest BCUT2D eigenvalue weighted by atomic mass is 10.2. The second-order valence-corrected chi connectivity index (χ2v) is 4.47. The summed E-state index contributed by atoms with van der Waals surface area (Å²) in [6, 6.07) is 6.87. The summed E-state index contributed by atoms with van der Waals surface area (Å²) in [7, 11) is 0. The first-order valence-electron chi connectivity index (χ1n) is 5.92. The molecule has 0 saturated heterocycles. The van der Waals surface area contributed by atoms with Crippen molar-refractivity contribution in [2.45, 2.75) is 26.3 Å². The van der Waals surface area contributed by atoms with E-state index in [1.165, 1.54) is 6.21 Å². The lowest BCUT2D eigenvalue weighted by Crippen LogP contribution is -2.41. The van der Waals surface area contributed by atoms with E-state index >= 15 is 0 Å². The molecular weight excluding hydrogens is 266 g/mol. The Morgan fingerprint density at radius 1 is 1.32 bits per heavy atom. The average Bonchev–Trinajstić information content (AvgIpc) is 2.40. The van der Waals surface area contributed by atoms with Crippen LogP contribution in [-0.2, 0) is 9.59 Å². The van der Waals surface area contributed by atoms with Gasteiger partial charge in [0.15, 0.2) is 0 Å². The molecule has 5 nitrogen and oxygen atoms in total. The zero-order valence-corrected chi connectivity index (χ0v) is 11.6. The highest BCUT2D eigenvalue weighted by atomic mass is 35.5. The summed E-state index contributed by atoms with van der Waals surface area (Å²) in [6.45, 7) is 3.74. The molecule has 0 radical (unpaired) electrons. The summed E-state index contributed by atoms with van der Waals surface area (Å²) in [6.07, 6.45) is 2.19. The van der Waals surface area contributed by atoms with E-state index < -0.39 is 11.8 Å². The molecule has 0 saturated carbocycles. The van der Waals surface area contributed by atoms with Gasteiger partial charge < -0.3 is 5.32 Å². The molecule has 6 heteroatoms. The summed E-state index contributed by atoms with van der Waals surface area (Å²) < 4.78 is 0. The number of hydrogen-bond donors (Lipinski definition) is 2. The first-order valence-corrected chi connectivity index (χ1v) is 6.30. The van der Waals surface area contributed by atoms with Crippen molar-refractivity contribution in [2.75, 3.05) is 0 Å². The number of amides is 2. The van der Waals surface area contributed by atoms with E-state index in [1.807, 2.05) is 13.8 Å². The molecule has 1 aromatic rings. The van der Waals surface area contributed by atoms with E-state index in [4.69, 9.17) is 11.6 Å². The molecule has 102 valence electrons. The molecule has 0 spiro atoms. The highest BCUT2D eigenvalue weighted by Gasteiger charge is 2.13. The smallest absolute Gasteiger partial charge is 0.329 e. The van der Waals surface area contributed by atoms with Crippen LogP contribution in [0.3, 0.4) is 0 Å². The van der Waals surface area contributed by atoms with E-state index in [-0.39, 0.29) is 6.04 Å². The van der Waals surface area contributed by atoms with E-state index in [2.05, 4.69) is 15.8 Å². The van der Waals surface area contributed by atoms with Gasteiger partial charge in [0.2, 0.25) is 0 Å². The Labute approximate surface area is 117 Å². The number of hydrazone groups is 1. The van der Waals surface area contributed by atoms with Crippen molar-refractivity contribution in [1.29, 1.82) is 0 Å². The summed E-state index contributed by atoms with van der Waals surface area (Å²) in [5.41, 5.74) is 2.93. The Kier molecular flexibility index (Phi) is 6.02. The molecule has 0 fully saturated rings. The molecule has 1 rings (SSSR count). The van der Waals surface area contributed by atoms with Crippen LogP contribution >= 0.6 is 11.6 Å². The Hall–Kier alpha value is -1.88. The molecule has 0 aliphatic heterocycles. The number of hydrogen-bond acceptors (Lipinski definition) is 3. The molecule has 1 atom stereocenters. The maximum Gasteiger partial charge on any atom is 0.329 e. The van der Waals surface area contributed by atoms with Crippen LogP contribution in [-0.4, -0.2) is 24.1 Å². The Morgan fingerprint density at radius 3 is 2.53 bits per heavy atom. The number of nitrogens with zero attached hydrogens (tertiary/aromatic N) is 1. The van der Waals surface area contributed by atoms with Crippen LogP contribution in [0.25, 0.3) is 0 Å². The lowest BCUT2D eigenvalue weighted by Gasteiger charge is -2.09. The second-order valence-electron chi connectivity index (χ2n) is 4.03. The van der Waals surface area contributed by atoms with Gasteiger partial charge >= 0.3 is 11.8 Å². The average molecular weight is 282 g/mol. The standard InChI is InChI=1S/C13H16ClN3O2/c1-3-9(2)16-12(18)13(19)17-15-8-10-4-6-11(14)7-5-10/h4-9H,3H2,1-2H3,(H,16,18)(H,17,19)/b15-8-/t9-/m0/s1. The van der Waals surface area contributed by atoms with E-state index in [0.29, 0.717) is 5.02 Å². The van der Waals surface area contributed by atoms with Crippen molar-refractivity contribution in [3.63, 3.8) is 0 Å². The van der Waals surface area contributed by atoms with Gasteiger partial charge in [-0.25, -0.2) is 5.43 Å². The van der Waals surface area contributed by atoms with Gasteiger partial charge in [-0.15, -0.1) is 0 Å². The van der Waals surface area contributed by atoms with Crippen LogP contribution in [0.4, 0.5) is 0 Å². The van der Waals surface area contributed by atoms with Gasteiger partial charge in [-0.2, -0.15) is 5.10 Å². The predicted octanol–water partition coefficient (Wildman–Crippen LogP) is 1.70. The maximum absolute atomic E-state index is 11.4. The fourth-order valence-corrected chi connectivity index (χ4v) is 1.28. The highest BCUT2D eigenvalue weighted by molar-refractivity contribution is 6.35. The molecule has 2 N–H and O–H groups in total. The maximum atomic E-state index is 11.4. The molecule has 19 heavy (non-hydrogen) atoms. The fraction of sp³-hybridized carbons (Fsp3) is 0.308. The molecular formula is C13H16ClN3O2. The highest BCUT2D eigenvalue weighted by Crippen LogP contribution is 2.07. The topological polar surface area (TPSA) is 70.6 Å². The van der Waals surface area contributed by atoms with Gasteiger partial charge in [-0.3, -0.25) is 9.59 Å². The normalized spacial score (nSPS) is 12.2. The summed E-state index contributed by atoms with van der Waals surface area (Å²) in [5, 5.41) is 6.86. The fourth-order valence-electron chi connectivity index (χ4n) is 1.16. The zero-order chi connectivity index (χ0) is 14.3. The molecule has 0 aromatic heterocycles. The SMILES string of the molecule is CC[C@H](C)NC(=O)C(=O)N/N=C\c1ccc(Cl)cc1. The number of halogens is 1. The lowest BCUT2D eigenvalue weighted by molar-refractivity contribution is -0.139. The van der Waals surface area contributed by atoms with Crippen molar-refractivity contribution < 1.29 is 9.59 Å². The van der Waals surface area contributed by atoms with Crippen molar-refractivity contribution in [1.82, 2.24) is 10.7 Å². The van der Waals surface area contributed by atoms with Crippen LogP contribution in [0.2, 0.25) is 5.02 Å². The third-order valence-electron chi connectivity index (χ3n) is 2.45. The first kappa shape index (κ1) is 15.2. The van der Waals surface area contributed by atoms with Crippen molar-refractivity contribution in [2.24, 2.45) is 5.10 Å². The largest absolute Gasteiger partial charge is 0.345 e. The first-order chi connectivity index (χ1) is 9.02. The minimum atomic E-state index is -0.787. The molecule has 0 heterocycles. The summed E-state index contributed by atoms with van der Waals surface area (Å²) in [5.74, 6) is -1.48. The third-order valence-corrected chi connectivity index (χ3v) is 2.70. The number of carbonyl (C=O) groups is 2. The Morgan fingerprint density at radius 2 is 1.95 bits per heavy atom. The number of rotatable bonds is 4. The molecule has 0 aliphatic rings. The van der Waals surface area contributed by atoms with Gasteiger partial charge in [0.05, 0.1) is 6.21 Å². The van der Waals surface area contributed by atoms with Crippen LogP contribution in [0.15, 0.2) is 29.4 Å². The van der Waals surface area contributed by atoms with Gasteiger partial charge in [0, 0.05) is 11.1 Å². The molecule has 1 aromatic carbocycles.